The second kappa shape index (κ2) is 7.20. The lowest BCUT2D eigenvalue weighted by Crippen LogP contribution is -2.38. The molecule has 1 aromatic carbocycles. The topological polar surface area (TPSA) is 79.7 Å². The van der Waals surface area contributed by atoms with Gasteiger partial charge in [0.2, 0.25) is 20.0 Å². The Morgan fingerprint density at radius 2 is 1.82 bits per heavy atom. The number of hydrogen-bond acceptors (Lipinski definition) is 4. The Labute approximate surface area is 166 Å². The number of hydrogen-bond donors (Lipinski definition) is 0. The van der Waals surface area contributed by atoms with Crippen molar-refractivity contribution in [2.45, 2.75) is 43.2 Å². The highest BCUT2D eigenvalue weighted by Gasteiger charge is 2.38. The van der Waals surface area contributed by atoms with E-state index in [2.05, 4.69) is 0 Å². The molecule has 1 aliphatic heterocycles. The molecule has 9 heteroatoms. The molecule has 2 aliphatic rings. The van der Waals surface area contributed by atoms with Crippen molar-refractivity contribution in [2.24, 2.45) is 7.05 Å². The first kappa shape index (κ1) is 19.5. The van der Waals surface area contributed by atoms with Gasteiger partial charge in [-0.25, -0.2) is 16.8 Å². The van der Waals surface area contributed by atoms with E-state index in [1.165, 1.54) is 16.4 Å². The zero-order chi connectivity index (χ0) is 19.9. The average Bonchev–Trinajstić information content (AvgIpc) is 3.41. The maximum Gasteiger partial charge on any atom is 0.243 e. The lowest BCUT2D eigenvalue weighted by atomic mass is 10.3. The van der Waals surface area contributed by atoms with Crippen LogP contribution in [0.4, 0.5) is 5.69 Å². The number of benzene rings is 1. The fourth-order valence-corrected chi connectivity index (χ4v) is 6.89. The minimum absolute atomic E-state index is 0.0297. The molecule has 2 fully saturated rings. The molecule has 28 heavy (non-hydrogen) atoms. The van der Waals surface area contributed by atoms with Crippen molar-refractivity contribution in [1.29, 1.82) is 0 Å². The monoisotopic (exact) mass is 423 g/mol. The summed E-state index contributed by atoms with van der Waals surface area (Å²) in [6.45, 7) is 0.773. The van der Waals surface area contributed by atoms with Gasteiger partial charge < -0.3 is 4.57 Å². The van der Waals surface area contributed by atoms with Crippen molar-refractivity contribution >= 4 is 25.7 Å². The third-order valence-electron chi connectivity index (χ3n) is 5.40. The van der Waals surface area contributed by atoms with Crippen molar-refractivity contribution in [2.75, 3.05) is 16.6 Å². The van der Waals surface area contributed by atoms with Crippen molar-refractivity contribution in [1.82, 2.24) is 8.87 Å². The summed E-state index contributed by atoms with van der Waals surface area (Å²) in [5.74, 6) is 0.138. The highest BCUT2D eigenvalue weighted by molar-refractivity contribution is 7.92. The zero-order valence-corrected chi connectivity index (χ0v) is 17.5. The van der Waals surface area contributed by atoms with Crippen LogP contribution in [-0.4, -0.2) is 44.0 Å². The Kier molecular flexibility index (Phi) is 5.01. The van der Waals surface area contributed by atoms with Gasteiger partial charge in [-0.3, -0.25) is 4.31 Å². The zero-order valence-electron chi connectivity index (χ0n) is 15.9. The van der Waals surface area contributed by atoms with Crippen LogP contribution >= 0.6 is 0 Å². The predicted molar refractivity (Wildman–Crippen MR) is 108 cm³/mol. The first-order valence-electron chi connectivity index (χ1n) is 9.51. The average molecular weight is 424 g/mol. The van der Waals surface area contributed by atoms with E-state index in [4.69, 9.17) is 0 Å². The van der Waals surface area contributed by atoms with Crippen molar-refractivity contribution in [3.05, 3.63) is 48.3 Å². The van der Waals surface area contributed by atoms with Gasteiger partial charge >= 0.3 is 0 Å². The molecule has 2 heterocycles. The molecule has 2 aromatic rings. The van der Waals surface area contributed by atoms with Crippen LogP contribution < -0.4 is 4.31 Å². The van der Waals surface area contributed by atoms with E-state index in [9.17, 15) is 16.8 Å². The van der Waals surface area contributed by atoms with Crippen molar-refractivity contribution < 1.29 is 16.8 Å². The summed E-state index contributed by atoms with van der Waals surface area (Å²) < 4.78 is 55.9. The van der Waals surface area contributed by atoms with E-state index >= 15 is 0 Å². The first-order chi connectivity index (χ1) is 13.3. The molecule has 1 aliphatic carbocycles. The minimum Gasteiger partial charge on any atom is -0.353 e. The molecule has 1 saturated heterocycles. The van der Waals surface area contributed by atoms with Crippen LogP contribution in [0.2, 0.25) is 0 Å². The molecule has 0 spiro atoms. The lowest BCUT2D eigenvalue weighted by molar-refractivity contribution is 0.390. The van der Waals surface area contributed by atoms with Gasteiger partial charge in [-0.1, -0.05) is 0 Å². The molecule has 7 nitrogen and oxygen atoms in total. The van der Waals surface area contributed by atoms with Crippen molar-refractivity contribution in [3.8, 4) is 0 Å². The second-order valence-corrected chi connectivity index (χ2v) is 11.4. The van der Waals surface area contributed by atoms with Crippen LogP contribution in [0.25, 0.3) is 0 Å². The summed E-state index contributed by atoms with van der Waals surface area (Å²) in [7, 11) is -5.06. The fourth-order valence-electron chi connectivity index (χ4n) is 3.59. The highest BCUT2D eigenvalue weighted by atomic mass is 32.2. The normalized spacial score (nSPS) is 19.9. The van der Waals surface area contributed by atoms with Crippen LogP contribution in [0.3, 0.4) is 0 Å². The van der Waals surface area contributed by atoms with Gasteiger partial charge in [0.25, 0.3) is 0 Å². The van der Waals surface area contributed by atoms with E-state index in [0.29, 0.717) is 25.2 Å². The SMILES string of the molecule is Cn1cccc1CN(C1CC1)S(=O)(=O)c1ccc(N2CCCCS2(=O)=O)cc1. The number of sulfonamides is 2. The van der Waals surface area contributed by atoms with Crippen molar-refractivity contribution in [3.63, 3.8) is 0 Å². The molecule has 0 radical (unpaired) electrons. The van der Waals surface area contributed by atoms with Gasteiger partial charge in [-0.2, -0.15) is 4.31 Å². The largest absolute Gasteiger partial charge is 0.353 e. The van der Waals surface area contributed by atoms with E-state index in [0.717, 1.165) is 25.0 Å². The molecule has 1 saturated carbocycles. The smallest absolute Gasteiger partial charge is 0.243 e. The molecule has 0 bridgehead atoms. The van der Waals surface area contributed by atoms with E-state index < -0.39 is 20.0 Å². The molecule has 0 atom stereocenters. The third-order valence-corrected chi connectivity index (χ3v) is 9.19. The molecule has 0 unspecified atom stereocenters. The Bertz CT molecular complexity index is 1050. The quantitative estimate of drug-likeness (QED) is 0.714. The summed E-state index contributed by atoms with van der Waals surface area (Å²) in [5.41, 5.74) is 1.46. The molecular formula is C19H25N3O4S2. The first-order valence-corrected chi connectivity index (χ1v) is 12.6. The Balaban J connectivity index is 1.60. The van der Waals surface area contributed by atoms with E-state index in [1.807, 2.05) is 29.9 Å². The summed E-state index contributed by atoms with van der Waals surface area (Å²) >= 11 is 0. The second-order valence-electron chi connectivity index (χ2n) is 7.48. The standard InChI is InChI=1S/C19H25N3O4S2/c1-20-12-4-5-18(20)15-22(17-6-7-17)28(25,26)19-10-8-16(9-11-19)21-13-2-3-14-27(21,23)24/h4-5,8-12,17H,2-3,6-7,13-15H2,1H3. The maximum absolute atomic E-state index is 13.3. The molecule has 0 N–H and O–H groups in total. The number of nitrogens with zero attached hydrogens (tertiary/aromatic N) is 3. The van der Waals surface area contributed by atoms with E-state index in [1.54, 1.807) is 16.4 Å². The van der Waals surface area contributed by atoms with Crippen LogP contribution in [0.1, 0.15) is 31.4 Å². The summed E-state index contributed by atoms with van der Waals surface area (Å²) in [4.78, 5) is 0.201. The van der Waals surface area contributed by atoms with Crippen LogP contribution in [-0.2, 0) is 33.6 Å². The molecule has 0 amide bonds. The summed E-state index contributed by atoms with van der Waals surface area (Å²) in [6, 6.07) is 10.1. The number of anilines is 1. The lowest BCUT2D eigenvalue weighted by Gasteiger charge is -2.28. The van der Waals surface area contributed by atoms with Crippen LogP contribution in [0.5, 0.6) is 0 Å². The van der Waals surface area contributed by atoms with Gasteiger partial charge in [0.05, 0.1) is 22.9 Å². The third kappa shape index (κ3) is 3.70. The number of aromatic nitrogens is 1. The van der Waals surface area contributed by atoms with Crippen LogP contribution in [0.15, 0.2) is 47.5 Å². The fraction of sp³-hybridized carbons (Fsp3) is 0.474. The molecule has 4 rings (SSSR count). The Morgan fingerprint density at radius 1 is 1.11 bits per heavy atom. The summed E-state index contributed by atoms with van der Waals surface area (Å²) in [5, 5.41) is 0. The van der Waals surface area contributed by atoms with Gasteiger partial charge in [-0.05, 0) is 62.1 Å². The maximum atomic E-state index is 13.3. The Hall–Kier alpha value is -1.84. The van der Waals surface area contributed by atoms with Gasteiger partial charge in [-0.15, -0.1) is 0 Å². The molecule has 1 aromatic heterocycles. The van der Waals surface area contributed by atoms with E-state index in [-0.39, 0.29) is 16.7 Å². The van der Waals surface area contributed by atoms with Crippen LogP contribution in [0, 0.1) is 0 Å². The molecular weight excluding hydrogens is 398 g/mol. The molecule has 152 valence electrons. The number of rotatable bonds is 6. The summed E-state index contributed by atoms with van der Waals surface area (Å²) in [6.07, 6.45) is 5.12. The van der Waals surface area contributed by atoms with Gasteiger partial charge in [0.1, 0.15) is 0 Å². The van der Waals surface area contributed by atoms with Gasteiger partial charge in [0, 0.05) is 31.5 Å². The Morgan fingerprint density at radius 3 is 2.39 bits per heavy atom. The number of aryl methyl sites for hydroxylation is 1. The highest BCUT2D eigenvalue weighted by Crippen LogP contribution is 2.34. The van der Waals surface area contributed by atoms with Gasteiger partial charge in [0.15, 0.2) is 0 Å². The predicted octanol–water partition coefficient (Wildman–Crippen LogP) is 2.31. The minimum atomic E-state index is -3.65.